The topological polar surface area (TPSA) is 12.5 Å². The summed E-state index contributed by atoms with van der Waals surface area (Å²) in [4.78, 5) is 2.32. The molecule has 0 aliphatic carbocycles. The summed E-state index contributed by atoms with van der Waals surface area (Å²) in [5.41, 5.74) is 2.42. The second-order valence-electron chi connectivity index (χ2n) is 4.80. The number of nitrogens with zero attached hydrogens (tertiary/aromatic N) is 1. The summed E-state index contributed by atoms with van der Waals surface area (Å²) in [7, 11) is 0. The molecule has 0 spiro atoms. The Hall–Kier alpha value is -0.730. The van der Waals surface area contributed by atoms with Crippen molar-refractivity contribution >= 4 is 17.3 Å². The van der Waals surface area contributed by atoms with Crippen molar-refractivity contribution in [3.8, 4) is 0 Å². The number of anilines is 1. The smallest absolute Gasteiger partial charge is 0.0726 e. The summed E-state index contributed by atoms with van der Waals surface area (Å²) in [6.45, 7) is 8.18. The summed E-state index contributed by atoms with van der Waals surface area (Å²) < 4.78 is 5.74. The quantitative estimate of drug-likeness (QED) is 0.800. The molecular weight excluding hydrogens is 234 g/mol. The Bertz CT molecular complexity index is 384. The van der Waals surface area contributed by atoms with Crippen LogP contribution in [-0.4, -0.2) is 25.3 Å². The van der Waals surface area contributed by atoms with Crippen LogP contribution in [-0.2, 0) is 11.2 Å². The fourth-order valence-electron chi connectivity index (χ4n) is 2.40. The van der Waals surface area contributed by atoms with Gasteiger partial charge in [-0.2, -0.15) is 0 Å². The molecule has 3 heteroatoms. The molecule has 0 bridgehead atoms. The van der Waals surface area contributed by atoms with Crippen LogP contribution in [0.3, 0.4) is 0 Å². The van der Waals surface area contributed by atoms with Gasteiger partial charge in [0.05, 0.1) is 22.9 Å². The van der Waals surface area contributed by atoms with E-state index in [4.69, 9.17) is 16.3 Å². The van der Waals surface area contributed by atoms with E-state index in [1.807, 2.05) is 0 Å². The molecule has 1 aromatic rings. The molecule has 1 fully saturated rings. The number of hydrogen-bond donors (Lipinski definition) is 0. The Labute approximate surface area is 109 Å². The Balaban J connectivity index is 2.21. The lowest BCUT2D eigenvalue weighted by atomic mass is 10.1. The molecule has 2 nitrogen and oxygen atoms in total. The van der Waals surface area contributed by atoms with Crippen LogP contribution in [0.4, 0.5) is 5.69 Å². The van der Waals surface area contributed by atoms with Crippen LogP contribution < -0.4 is 4.90 Å². The lowest BCUT2D eigenvalue weighted by Crippen LogP contribution is -2.45. The molecule has 0 saturated carbocycles. The van der Waals surface area contributed by atoms with E-state index in [2.05, 4.69) is 43.9 Å². The first-order valence-corrected chi connectivity index (χ1v) is 6.66. The minimum atomic E-state index is 0.265. The van der Waals surface area contributed by atoms with Gasteiger partial charge in [0.25, 0.3) is 0 Å². The third kappa shape index (κ3) is 2.93. The van der Waals surface area contributed by atoms with E-state index in [1.165, 1.54) is 5.56 Å². The third-order valence-electron chi connectivity index (χ3n) is 3.18. The van der Waals surface area contributed by atoms with Crippen LogP contribution in [0.1, 0.15) is 26.3 Å². The molecule has 17 heavy (non-hydrogen) atoms. The zero-order valence-electron chi connectivity index (χ0n) is 10.7. The van der Waals surface area contributed by atoms with Crippen LogP contribution in [0.2, 0.25) is 5.02 Å². The van der Waals surface area contributed by atoms with Gasteiger partial charge < -0.3 is 9.64 Å². The number of hydrogen-bond acceptors (Lipinski definition) is 2. The highest BCUT2D eigenvalue weighted by Gasteiger charge is 2.23. The van der Waals surface area contributed by atoms with E-state index in [-0.39, 0.29) is 12.2 Å². The Kier molecular flexibility index (Phi) is 3.95. The Morgan fingerprint density at radius 3 is 2.47 bits per heavy atom. The van der Waals surface area contributed by atoms with Crippen molar-refractivity contribution in [2.45, 2.75) is 39.4 Å². The largest absolute Gasteiger partial charge is 0.372 e. The van der Waals surface area contributed by atoms with Gasteiger partial charge in [0.2, 0.25) is 0 Å². The first-order chi connectivity index (χ1) is 8.10. The second kappa shape index (κ2) is 5.28. The van der Waals surface area contributed by atoms with Crippen molar-refractivity contribution < 1.29 is 4.74 Å². The van der Waals surface area contributed by atoms with Crippen molar-refractivity contribution in [2.75, 3.05) is 18.0 Å². The fraction of sp³-hybridized carbons (Fsp3) is 0.571. The first kappa shape index (κ1) is 12.7. The SMILES string of the molecule is CCc1ccc(N2C[C@@H](C)O[C@@H](C)C2)c(Cl)c1. The summed E-state index contributed by atoms with van der Waals surface area (Å²) in [5.74, 6) is 0. The van der Waals surface area contributed by atoms with Crippen LogP contribution in [0.5, 0.6) is 0 Å². The van der Waals surface area contributed by atoms with Crippen molar-refractivity contribution in [1.29, 1.82) is 0 Å². The van der Waals surface area contributed by atoms with Gasteiger partial charge >= 0.3 is 0 Å². The molecule has 94 valence electrons. The number of morpholine rings is 1. The van der Waals surface area contributed by atoms with Crippen molar-refractivity contribution in [3.05, 3.63) is 28.8 Å². The molecule has 1 aliphatic heterocycles. The zero-order chi connectivity index (χ0) is 12.4. The average Bonchev–Trinajstić information content (AvgIpc) is 2.27. The number of halogens is 1. The predicted molar refractivity (Wildman–Crippen MR) is 73.1 cm³/mol. The van der Waals surface area contributed by atoms with Gasteiger partial charge in [0, 0.05) is 13.1 Å². The number of rotatable bonds is 2. The number of benzene rings is 1. The molecule has 0 N–H and O–H groups in total. The molecule has 2 rings (SSSR count). The van der Waals surface area contributed by atoms with E-state index in [0.717, 1.165) is 30.2 Å². The normalized spacial score (nSPS) is 25.1. The Morgan fingerprint density at radius 2 is 1.94 bits per heavy atom. The summed E-state index contributed by atoms with van der Waals surface area (Å²) in [5, 5.41) is 0.852. The molecular formula is C14H20ClNO. The highest BCUT2D eigenvalue weighted by molar-refractivity contribution is 6.33. The summed E-state index contributed by atoms with van der Waals surface area (Å²) in [6, 6.07) is 6.36. The average molecular weight is 254 g/mol. The minimum absolute atomic E-state index is 0.265. The van der Waals surface area contributed by atoms with Crippen molar-refractivity contribution in [1.82, 2.24) is 0 Å². The highest BCUT2D eigenvalue weighted by atomic mass is 35.5. The minimum Gasteiger partial charge on any atom is -0.372 e. The van der Waals surface area contributed by atoms with Crippen LogP contribution in [0, 0.1) is 0 Å². The van der Waals surface area contributed by atoms with Crippen LogP contribution in [0.25, 0.3) is 0 Å². The standard InChI is InChI=1S/C14H20ClNO/c1-4-12-5-6-14(13(15)7-12)16-8-10(2)17-11(3)9-16/h5-7,10-11H,4,8-9H2,1-3H3/t10-,11+. The first-order valence-electron chi connectivity index (χ1n) is 6.29. The maximum absolute atomic E-state index is 6.35. The van der Waals surface area contributed by atoms with Crippen molar-refractivity contribution in [3.63, 3.8) is 0 Å². The maximum Gasteiger partial charge on any atom is 0.0726 e. The van der Waals surface area contributed by atoms with Gasteiger partial charge in [-0.15, -0.1) is 0 Å². The van der Waals surface area contributed by atoms with E-state index >= 15 is 0 Å². The molecule has 1 aliphatic rings. The molecule has 0 unspecified atom stereocenters. The fourth-order valence-corrected chi connectivity index (χ4v) is 2.72. The molecule has 0 amide bonds. The third-order valence-corrected chi connectivity index (χ3v) is 3.48. The highest BCUT2D eigenvalue weighted by Crippen LogP contribution is 2.29. The maximum atomic E-state index is 6.35. The zero-order valence-corrected chi connectivity index (χ0v) is 11.5. The summed E-state index contributed by atoms with van der Waals surface area (Å²) in [6.07, 6.45) is 1.55. The lowest BCUT2D eigenvalue weighted by molar-refractivity contribution is -0.00520. The van der Waals surface area contributed by atoms with E-state index in [0.29, 0.717) is 0 Å². The Morgan fingerprint density at radius 1 is 1.29 bits per heavy atom. The van der Waals surface area contributed by atoms with Crippen LogP contribution >= 0.6 is 11.6 Å². The molecule has 1 aromatic carbocycles. The van der Waals surface area contributed by atoms with Gasteiger partial charge in [-0.05, 0) is 38.0 Å². The van der Waals surface area contributed by atoms with Gasteiger partial charge in [0.15, 0.2) is 0 Å². The molecule has 0 aromatic heterocycles. The molecule has 2 atom stereocenters. The van der Waals surface area contributed by atoms with Gasteiger partial charge in [-0.25, -0.2) is 0 Å². The lowest BCUT2D eigenvalue weighted by Gasteiger charge is -2.37. The molecule has 0 radical (unpaired) electrons. The van der Waals surface area contributed by atoms with Gasteiger partial charge in [0.1, 0.15) is 0 Å². The van der Waals surface area contributed by atoms with Gasteiger partial charge in [-0.1, -0.05) is 24.6 Å². The monoisotopic (exact) mass is 253 g/mol. The molecule has 1 heterocycles. The second-order valence-corrected chi connectivity index (χ2v) is 5.21. The summed E-state index contributed by atoms with van der Waals surface area (Å²) >= 11 is 6.35. The number of ether oxygens (including phenoxy) is 1. The molecule has 1 saturated heterocycles. The van der Waals surface area contributed by atoms with E-state index in [1.54, 1.807) is 0 Å². The van der Waals surface area contributed by atoms with Crippen LogP contribution in [0.15, 0.2) is 18.2 Å². The van der Waals surface area contributed by atoms with Crippen molar-refractivity contribution in [2.24, 2.45) is 0 Å². The van der Waals surface area contributed by atoms with E-state index in [9.17, 15) is 0 Å². The predicted octanol–water partition coefficient (Wildman–Crippen LogP) is 3.52. The number of aryl methyl sites for hydroxylation is 1. The van der Waals surface area contributed by atoms with Gasteiger partial charge in [-0.3, -0.25) is 0 Å². The van der Waals surface area contributed by atoms with E-state index < -0.39 is 0 Å².